The largest absolute Gasteiger partial charge is 0.398 e. The predicted molar refractivity (Wildman–Crippen MR) is 115 cm³/mol. The van der Waals surface area contributed by atoms with Crippen LogP contribution in [0.2, 0.25) is 0 Å². The Bertz CT molecular complexity index is 935. The van der Waals surface area contributed by atoms with Crippen molar-refractivity contribution in [2.75, 3.05) is 36.9 Å². The Hall–Kier alpha value is -2.68. The number of rotatable bonds is 2. The van der Waals surface area contributed by atoms with Crippen molar-refractivity contribution in [2.45, 2.75) is 52.1 Å². The molecule has 0 unspecified atom stereocenters. The van der Waals surface area contributed by atoms with Crippen LogP contribution in [-0.4, -0.2) is 46.7 Å². The number of carbonyl (C=O) groups is 1. The number of aromatic nitrogens is 2. The first-order valence-corrected chi connectivity index (χ1v) is 10.8. The van der Waals surface area contributed by atoms with Crippen LogP contribution in [0.15, 0.2) is 18.5 Å². The van der Waals surface area contributed by atoms with Gasteiger partial charge in [0.05, 0.1) is 18.6 Å². The van der Waals surface area contributed by atoms with Gasteiger partial charge in [-0.15, -0.1) is 0 Å². The molecule has 7 nitrogen and oxygen atoms in total. The second-order valence-corrected chi connectivity index (χ2v) is 8.13. The molecule has 0 spiro atoms. The lowest BCUT2D eigenvalue weighted by Crippen LogP contribution is -2.37. The molecular weight excluding hydrogens is 404 g/mol. The molecule has 0 saturated carbocycles. The number of hydrogen-bond acceptors (Lipinski definition) is 5. The second-order valence-electron chi connectivity index (χ2n) is 8.13. The molecule has 168 valence electrons. The van der Waals surface area contributed by atoms with E-state index in [1.165, 1.54) is 18.9 Å². The van der Waals surface area contributed by atoms with Gasteiger partial charge in [-0.3, -0.25) is 4.79 Å². The monoisotopic (exact) mass is 433 g/mol. The third-order valence-electron chi connectivity index (χ3n) is 6.04. The number of halogens is 2. The van der Waals surface area contributed by atoms with Crippen molar-refractivity contribution in [1.82, 2.24) is 14.5 Å². The number of carbonyl (C=O) groups excluding carboxylic acids is 1. The standard InChI is InChI=1S/C18H21F2N5O.C4H8O/c1-11(26)23-5-6-24-10-22-18(16(24)9-23)25-4-2-3-12-7-14(21)13(17(19)20)8-15(12)25;1-2-4-5-3-1/h7-8,10,17H,2-6,9,21H2,1H3;1-4H2. The topological polar surface area (TPSA) is 76.6 Å². The number of ether oxygens (including phenoxy) is 1. The van der Waals surface area contributed by atoms with Crippen molar-refractivity contribution < 1.29 is 18.3 Å². The van der Waals surface area contributed by atoms with Gasteiger partial charge in [0, 0.05) is 56.7 Å². The molecule has 1 fully saturated rings. The van der Waals surface area contributed by atoms with E-state index in [1.54, 1.807) is 24.2 Å². The number of benzene rings is 1. The number of amides is 1. The Balaban J connectivity index is 0.000000407. The Morgan fingerprint density at radius 2 is 1.94 bits per heavy atom. The summed E-state index contributed by atoms with van der Waals surface area (Å²) in [6.45, 7) is 6.07. The normalized spacial score (nSPS) is 17.8. The van der Waals surface area contributed by atoms with Crippen molar-refractivity contribution in [3.63, 3.8) is 0 Å². The Labute approximate surface area is 180 Å². The molecule has 0 atom stereocenters. The average molecular weight is 434 g/mol. The summed E-state index contributed by atoms with van der Waals surface area (Å²) in [4.78, 5) is 20.1. The molecule has 0 aliphatic carbocycles. The highest BCUT2D eigenvalue weighted by Gasteiger charge is 2.29. The number of nitrogen functional groups attached to an aromatic ring is 1. The molecule has 5 rings (SSSR count). The zero-order chi connectivity index (χ0) is 22.0. The van der Waals surface area contributed by atoms with Crippen LogP contribution in [0.3, 0.4) is 0 Å². The molecule has 9 heteroatoms. The summed E-state index contributed by atoms with van der Waals surface area (Å²) in [6, 6.07) is 3.15. The summed E-state index contributed by atoms with van der Waals surface area (Å²) in [5, 5.41) is 0. The molecule has 1 aromatic carbocycles. The minimum absolute atomic E-state index is 0.0233. The van der Waals surface area contributed by atoms with Gasteiger partial charge in [-0.05, 0) is 43.4 Å². The highest BCUT2D eigenvalue weighted by atomic mass is 19.3. The molecule has 2 N–H and O–H groups in total. The first-order valence-electron chi connectivity index (χ1n) is 10.8. The average Bonchev–Trinajstić information content (AvgIpc) is 3.45. The Kier molecular flexibility index (Phi) is 6.41. The number of imidazole rings is 1. The smallest absolute Gasteiger partial charge is 0.265 e. The number of fused-ring (bicyclic) bond motifs is 2. The minimum Gasteiger partial charge on any atom is -0.398 e. The fourth-order valence-corrected chi connectivity index (χ4v) is 4.32. The number of hydrogen-bond donors (Lipinski definition) is 1. The van der Waals surface area contributed by atoms with Gasteiger partial charge in [-0.1, -0.05) is 0 Å². The molecule has 1 amide bonds. The number of alkyl halides is 2. The number of nitrogens with zero attached hydrogens (tertiary/aromatic N) is 4. The van der Waals surface area contributed by atoms with Crippen LogP contribution in [0.1, 0.15) is 49.4 Å². The van der Waals surface area contributed by atoms with Gasteiger partial charge in [-0.25, -0.2) is 13.8 Å². The highest BCUT2D eigenvalue weighted by Crippen LogP contribution is 2.40. The van der Waals surface area contributed by atoms with E-state index in [1.807, 2.05) is 9.47 Å². The van der Waals surface area contributed by atoms with Crippen LogP contribution < -0.4 is 10.6 Å². The Morgan fingerprint density at radius 3 is 2.58 bits per heavy atom. The van der Waals surface area contributed by atoms with Crippen molar-refractivity contribution >= 4 is 23.1 Å². The van der Waals surface area contributed by atoms with Gasteiger partial charge in [0.2, 0.25) is 5.91 Å². The zero-order valence-electron chi connectivity index (χ0n) is 17.8. The third-order valence-corrected chi connectivity index (χ3v) is 6.04. The van der Waals surface area contributed by atoms with Gasteiger partial charge >= 0.3 is 0 Å². The summed E-state index contributed by atoms with van der Waals surface area (Å²) < 4.78 is 33.6. The molecule has 0 bridgehead atoms. The molecule has 1 aromatic heterocycles. The van der Waals surface area contributed by atoms with E-state index in [9.17, 15) is 13.6 Å². The molecule has 2 aromatic rings. The van der Waals surface area contributed by atoms with Gasteiger partial charge in [0.25, 0.3) is 6.43 Å². The van der Waals surface area contributed by atoms with E-state index in [0.29, 0.717) is 26.2 Å². The first kappa shape index (κ1) is 21.5. The molecule has 4 heterocycles. The van der Waals surface area contributed by atoms with Crippen LogP contribution in [0.4, 0.5) is 26.0 Å². The minimum atomic E-state index is -2.62. The van der Waals surface area contributed by atoms with E-state index in [2.05, 4.69) is 4.98 Å². The molecule has 3 aliphatic rings. The van der Waals surface area contributed by atoms with Crippen molar-refractivity contribution in [1.29, 1.82) is 0 Å². The highest BCUT2D eigenvalue weighted by molar-refractivity contribution is 5.75. The lowest BCUT2D eigenvalue weighted by molar-refractivity contribution is -0.130. The van der Waals surface area contributed by atoms with E-state index in [4.69, 9.17) is 10.5 Å². The quantitative estimate of drug-likeness (QED) is 0.732. The summed E-state index contributed by atoms with van der Waals surface area (Å²) in [5.41, 5.74) is 8.43. The lowest BCUT2D eigenvalue weighted by atomic mass is 9.98. The molecule has 0 radical (unpaired) electrons. The third kappa shape index (κ3) is 4.51. The van der Waals surface area contributed by atoms with Crippen LogP contribution in [0.25, 0.3) is 0 Å². The van der Waals surface area contributed by atoms with Crippen molar-refractivity contribution in [3.8, 4) is 0 Å². The first-order chi connectivity index (χ1) is 15.0. The van der Waals surface area contributed by atoms with Crippen LogP contribution in [-0.2, 0) is 29.0 Å². The maximum atomic E-state index is 13.3. The fourth-order valence-electron chi connectivity index (χ4n) is 4.32. The predicted octanol–water partition coefficient (Wildman–Crippen LogP) is 3.65. The maximum absolute atomic E-state index is 13.3. The van der Waals surface area contributed by atoms with E-state index >= 15 is 0 Å². The summed E-state index contributed by atoms with van der Waals surface area (Å²) in [5.74, 6) is 0.761. The maximum Gasteiger partial charge on any atom is 0.265 e. The van der Waals surface area contributed by atoms with Crippen molar-refractivity contribution in [3.05, 3.63) is 35.3 Å². The van der Waals surface area contributed by atoms with Crippen LogP contribution in [0.5, 0.6) is 0 Å². The van der Waals surface area contributed by atoms with E-state index < -0.39 is 6.43 Å². The number of aryl methyl sites for hydroxylation is 1. The Morgan fingerprint density at radius 1 is 1.16 bits per heavy atom. The fraction of sp³-hybridized carbons (Fsp3) is 0.545. The summed E-state index contributed by atoms with van der Waals surface area (Å²) >= 11 is 0. The van der Waals surface area contributed by atoms with Gasteiger partial charge in [-0.2, -0.15) is 0 Å². The molecule has 31 heavy (non-hydrogen) atoms. The van der Waals surface area contributed by atoms with Gasteiger partial charge < -0.3 is 24.8 Å². The van der Waals surface area contributed by atoms with Crippen LogP contribution >= 0.6 is 0 Å². The molecule has 1 saturated heterocycles. The zero-order valence-corrected chi connectivity index (χ0v) is 17.8. The number of nitrogens with two attached hydrogens (primary N) is 1. The van der Waals surface area contributed by atoms with Crippen LogP contribution in [0, 0.1) is 0 Å². The summed E-state index contributed by atoms with van der Waals surface area (Å²) in [7, 11) is 0. The molecular formula is C22H29F2N5O2. The lowest BCUT2D eigenvalue weighted by Gasteiger charge is -2.33. The number of anilines is 3. The second kappa shape index (κ2) is 9.21. The van der Waals surface area contributed by atoms with E-state index in [-0.39, 0.29) is 17.2 Å². The van der Waals surface area contributed by atoms with Gasteiger partial charge in [0.15, 0.2) is 5.82 Å². The molecule has 3 aliphatic heterocycles. The van der Waals surface area contributed by atoms with Crippen molar-refractivity contribution in [2.24, 2.45) is 0 Å². The SMILES string of the molecule is C1CCOC1.CC(=O)N1CCn2cnc(N3CCCc4cc(N)c(C(F)F)cc43)c2C1. The summed E-state index contributed by atoms with van der Waals surface area (Å²) in [6.07, 6.45) is 3.40. The van der Waals surface area contributed by atoms with Gasteiger partial charge in [0.1, 0.15) is 0 Å². The van der Waals surface area contributed by atoms with E-state index in [0.717, 1.165) is 48.8 Å².